The van der Waals surface area contributed by atoms with E-state index in [0.717, 1.165) is 0 Å². The van der Waals surface area contributed by atoms with E-state index in [4.69, 9.17) is 18.9 Å². The Morgan fingerprint density at radius 3 is 1.64 bits per heavy atom. The number of carbonyl (C=O) groups excluding carboxylic acids is 4. The van der Waals surface area contributed by atoms with Crippen LogP contribution in [0.2, 0.25) is 0 Å². The molecule has 8 nitrogen and oxygen atoms in total. The Hall–Kier alpha value is -1.48. The maximum absolute atomic E-state index is 11.4. The number of aldehydes is 1. The van der Waals surface area contributed by atoms with Crippen LogP contribution in [0.5, 0.6) is 0 Å². The summed E-state index contributed by atoms with van der Waals surface area (Å²) in [5, 5.41) is 0. The van der Waals surface area contributed by atoms with Gasteiger partial charge in [-0.1, -0.05) is 6.92 Å². The third-order valence-corrected chi connectivity index (χ3v) is 3.09. The smallest absolute Gasteiger partial charge is 0.158 e. The number of ketones is 3. The first-order valence-corrected chi connectivity index (χ1v) is 8.10. The van der Waals surface area contributed by atoms with Crippen molar-refractivity contribution in [3.63, 3.8) is 0 Å². The SMILES string of the molecule is CCC(=O)COCC(COCC=O)(COCC(C)=O)COCC(C)=O. The van der Waals surface area contributed by atoms with Gasteiger partial charge in [0.05, 0.1) is 31.8 Å². The van der Waals surface area contributed by atoms with E-state index in [-0.39, 0.29) is 70.2 Å². The van der Waals surface area contributed by atoms with E-state index in [2.05, 4.69) is 0 Å². The fourth-order valence-electron chi connectivity index (χ4n) is 1.88. The van der Waals surface area contributed by atoms with E-state index in [1.165, 1.54) is 13.8 Å². The predicted molar refractivity (Wildman–Crippen MR) is 88.4 cm³/mol. The molecule has 0 unspecified atom stereocenters. The standard InChI is InChI=1S/C17H28O8/c1-4-16(21)9-25-13-17(10-22-6-5-18,11-23-7-14(2)19)12-24-8-15(3)20/h5H,4,6-13H2,1-3H3. The highest BCUT2D eigenvalue weighted by Gasteiger charge is 2.33. The van der Waals surface area contributed by atoms with Gasteiger partial charge in [0, 0.05) is 6.42 Å². The molecule has 25 heavy (non-hydrogen) atoms. The molecule has 0 bridgehead atoms. The quantitative estimate of drug-likeness (QED) is 0.271. The van der Waals surface area contributed by atoms with Crippen LogP contribution in [-0.2, 0) is 38.1 Å². The van der Waals surface area contributed by atoms with Crippen molar-refractivity contribution in [2.24, 2.45) is 5.41 Å². The van der Waals surface area contributed by atoms with E-state index in [9.17, 15) is 19.2 Å². The van der Waals surface area contributed by atoms with Crippen molar-refractivity contribution in [2.45, 2.75) is 27.2 Å². The molecule has 8 heteroatoms. The van der Waals surface area contributed by atoms with Gasteiger partial charge in [0.15, 0.2) is 17.3 Å². The number of ether oxygens (including phenoxy) is 4. The summed E-state index contributed by atoms with van der Waals surface area (Å²) in [6.07, 6.45) is 0.968. The van der Waals surface area contributed by atoms with E-state index in [0.29, 0.717) is 12.7 Å². The van der Waals surface area contributed by atoms with Crippen LogP contribution in [0.1, 0.15) is 27.2 Å². The summed E-state index contributed by atoms with van der Waals surface area (Å²) < 4.78 is 21.5. The van der Waals surface area contributed by atoms with Crippen LogP contribution in [0.3, 0.4) is 0 Å². The third kappa shape index (κ3) is 12.5. The number of Topliss-reactive ketones (excluding diaryl/α,β-unsaturated/α-hetero) is 3. The number of rotatable bonds is 17. The van der Waals surface area contributed by atoms with Crippen LogP contribution in [-0.4, -0.2) is 76.5 Å². The van der Waals surface area contributed by atoms with Crippen molar-refractivity contribution in [3.05, 3.63) is 0 Å². The summed E-state index contributed by atoms with van der Waals surface area (Å²) in [7, 11) is 0. The maximum atomic E-state index is 11.4. The van der Waals surface area contributed by atoms with Crippen molar-refractivity contribution in [2.75, 3.05) is 52.9 Å². The van der Waals surface area contributed by atoms with Gasteiger partial charge in [-0.15, -0.1) is 0 Å². The lowest BCUT2D eigenvalue weighted by atomic mass is 9.92. The van der Waals surface area contributed by atoms with E-state index < -0.39 is 5.41 Å². The molecule has 0 atom stereocenters. The molecule has 144 valence electrons. The summed E-state index contributed by atoms with van der Waals surface area (Å²) >= 11 is 0. The Morgan fingerprint density at radius 1 is 0.800 bits per heavy atom. The van der Waals surface area contributed by atoms with Crippen LogP contribution >= 0.6 is 0 Å². The van der Waals surface area contributed by atoms with E-state index in [1.807, 2.05) is 0 Å². The predicted octanol–water partition coefficient (Wildman–Crippen LogP) is 0.395. The summed E-state index contributed by atoms with van der Waals surface area (Å²) in [6.45, 7) is 4.41. The number of hydrogen-bond acceptors (Lipinski definition) is 8. The van der Waals surface area contributed by atoms with Crippen molar-refractivity contribution in [1.82, 2.24) is 0 Å². The Balaban J connectivity index is 4.92. The van der Waals surface area contributed by atoms with Gasteiger partial charge >= 0.3 is 0 Å². The molecule has 0 radical (unpaired) electrons. The van der Waals surface area contributed by atoms with Gasteiger partial charge in [0.2, 0.25) is 0 Å². The molecule has 0 N–H and O–H groups in total. The van der Waals surface area contributed by atoms with Gasteiger partial charge in [-0.05, 0) is 13.8 Å². The Kier molecular flexibility index (Phi) is 13.0. The monoisotopic (exact) mass is 360 g/mol. The molecule has 0 aliphatic heterocycles. The van der Waals surface area contributed by atoms with Crippen molar-refractivity contribution >= 4 is 23.6 Å². The normalized spacial score (nSPS) is 11.3. The highest BCUT2D eigenvalue weighted by molar-refractivity contribution is 5.79. The number of carbonyl (C=O) groups is 4. The largest absolute Gasteiger partial charge is 0.373 e. The van der Waals surface area contributed by atoms with Gasteiger partial charge in [-0.25, -0.2) is 0 Å². The molecule has 0 spiro atoms. The zero-order valence-corrected chi connectivity index (χ0v) is 15.2. The summed E-state index contributed by atoms with van der Waals surface area (Å²) in [5.74, 6) is -0.346. The number of hydrogen-bond donors (Lipinski definition) is 0. The highest BCUT2D eigenvalue weighted by Crippen LogP contribution is 2.21. The molecule has 0 saturated heterocycles. The maximum Gasteiger partial charge on any atom is 0.158 e. The molecular formula is C17H28O8. The summed E-state index contributed by atoms with van der Waals surface area (Å²) in [6, 6.07) is 0. The van der Waals surface area contributed by atoms with Crippen molar-refractivity contribution in [3.8, 4) is 0 Å². The van der Waals surface area contributed by atoms with Crippen molar-refractivity contribution < 1.29 is 38.1 Å². The minimum absolute atomic E-state index is 0.0574. The minimum atomic E-state index is -0.845. The summed E-state index contributed by atoms with van der Waals surface area (Å²) in [5.41, 5.74) is -0.845. The van der Waals surface area contributed by atoms with Crippen LogP contribution in [0.25, 0.3) is 0 Å². The van der Waals surface area contributed by atoms with Gasteiger partial charge in [0.1, 0.15) is 32.7 Å². The molecule has 0 rings (SSSR count). The fourth-order valence-corrected chi connectivity index (χ4v) is 1.88. The molecule has 0 heterocycles. The molecule has 0 amide bonds. The lowest BCUT2D eigenvalue weighted by molar-refractivity contribution is -0.139. The van der Waals surface area contributed by atoms with Crippen LogP contribution < -0.4 is 0 Å². The molecule has 0 aromatic heterocycles. The van der Waals surface area contributed by atoms with Gasteiger partial charge < -0.3 is 23.7 Å². The van der Waals surface area contributed by atoms with Gasteiger partial charge in [-0.2, -0.15) is 0 Å². The molecular weight excluding hydrogens is 332 g/mol. The molecule has 0 aliphatic rings. The van der Waals surface area contributed by atoms with Crippen LogP contribution in [0.4, 0.5) is 0 Å². The van der Waals surface area contributed by atoms with Crippen LogP contribution in [0, 0.1) is 5.41 Å². The molecule has 0 aromatic rings. The molecule has 0 aliphatic carbocycles. The lowest BCUT2D eigenvalue weighted by Gasteiger charge is -2.32. The van der Waals surface area contributed by atoms with Crippen LogP contribution in [0.15, 0.2) is 0 Å². The Labute approximate surface area is 148 Å². The third-order valence-electron chi connectivity index (χ3n) is 3.09. The second-order valence-corrected chi connectivity index (χ2v) is 5.96. The van der Waals surface area contributed by atoms with E-state index in [1.54, 1.807) is 6.92 Å². The minimum Gasteiger partial charge on any atom is -0.373 e. The zero-order chi connectivity index (χ0) is 19.1. The van der Waals surface area contributed by atoms with Gasteiger partial charge in [0.25, 0.3) is 0 Å². The molecule has 0 saturated carbocycles. The average molecular weight is 360 g/mol. The first-order chi connectivity index (χ1) is 11.8. The second kappa shape index (κ2) is 13.8. The topological polar surface area (TPSA) is 105 Å². The lowest BCUT2D eigenvalue weighted by Crippen LogP contribution is -2.43. The fraction of sp³-hybridized carbons (Fsp3) is 0.765. The summed E-state index contributed by atoms with van der Waals surface area (Å²) in [4.78, 5) is 44.1. The van der Waals surface area contributed by atoms with Gasteiger partial charge in [-0.3, -0.25) is 14.4 Å². The second-order valence-electron chi connectivity index (χ2n) is 5.96. The molecule has 0 aromatic carbocycles. The first kappa shape index (κ1) is 23.5. The van der Waals surface area contributed by atoms with E-state index >= 15 is 0 Å². The molecule has 0 fully saturated rings. The van der Waals surface area contributed by atoms with Crippen molar-refractivity contribution in [1.29, 1.82) is 0 Å². The Bertz CT molecular complexity index is 412. The highest BCUT2D eigenvalue weighted by atomic mass is 16.5. The Morgan fingerprint density at radius 2 is 1.24 bits per heavy atom. The average Bonchev–Trinajstić information content (AvgIpc) is 2.54. The first-order valence-electron chi connectivity index (χ1n) is 8.10. The zero-order valence-electron chi connectivity index (χ0n) is 15.2.